The van der Waals surface area contributed by atoms with Crippen molar-refractivity contribution in [3.63, 3.8) is 0 Å². The summed E-state index contributed by atoms with van der Waals surface area (Å²) in [5.74, 6) is 2.01. The Labute approximate surface area is 154 Å². The van der Waals surface area contributed by atoms with Crippen molar-refractivity contribution in [2.45, 2.75) is 25.0 Å². The third-order valence-electron chi connectivity index (χ3n) is 5.82. The monoisotopic (exact) mass is 360 g/mol. The van der Waals surface area contributed by atoms with Crippen LogP contribution in [0.1, 0.15) is 24.5 Å². The number of methoxy groups -OCH3 is 1. The molecule has 5 rings (SSSR count). The van der Waals surface area contributed by atoms with Crippen LogP contribution in [0, 0.1) is 11.8 Å². The van der Waals surface area contributed by atoms with E-state index >= 15 is 0 Å². The minimum absolute atomic E-state index is 0. The molecule has 1 aromatic carbocycles. The predicted molar refractivity (Wildman–Crippen MR) is 102 cm³/mol. The number of piperidine rings is 3. The number of hydrogen-bond donors (Lipinski definition) is 1. The van der Waals surface area contributed by atoms with Crippen LogP contribution in [-0.2, 0) is 0 Å². The van der Waals surface area contributed by atoms with Crippen molar-refractivity contribution in [1.29, 1.82) is 0 Å². The number of aromatic nitrogens is 1. The molecule has 0 aliphatic carbocycles. The normalized spacial score (nSPS) is 29.0. The lowest BCUT2D eigenvalue weighted by Gasteiger charge is -2.50. The highest BCUT2D eigenvalue weighted by Gasteiger charge is 2.42. The van der Waals surface area contributed by atoms with Gasteiger partial charge in [-0.2, -0.15) is 0 Å². The lowest BCUT2D eigenvalue weighted by atomic mass is 9.73. The highest BCUT2D eigenvalue weighted by Crippen LogP contribution is 2.42. The largest absolute Gasteiger partial charge is 0.497 e. The van der Waals surface area contributed by atoms with E-state index < -0.39 is 6.10 Å². The Morgan fingerprint density at radius 1 is 1.40 bits per heavy atom. The summed E-state index contributed by atoms with van der Waals surface area (Å²) in [4.78, 5) is 6.86. The van der Waals surface area contributed by atoms with Crippen LogP contribution in [0.2, 0.25) is 0 Å². The Bertz CT molecular complexity index is 766. The Hall–Kier alpha value is -1.62. The third kappa shape index (κ3) is 3.14. The first kappa shape index (κ1) is 18.2. The summed E-state index contributed by atoms with van der Waals surface area (Å²) in [5.41, 5.74) is 1.85. The second kappa shape index (κ2) is 7.32. The molecule has 2 aromatic rings. The van der Waals surface area contributed by atoms with Gasteiger partial charge in [0.2, 0.25) is 0 Å². The Balaban J connectivity index is 0.00000182. The lowest BCUT2D eigenvalue weighted by Crippen LogP contribution is -2.54. The van der Waals surface area contributed by atoms with E-state index in [1.54, 1.807) is 13.3 Å². The van der Waals surface area contributed by atoms with Crippen LogP contribution in [0.4, 0.5) is 0 Å². The highest BCUT2D eigenvalue weighted by atomic mass is 35.5. The second-order valence-corrected chi connectivity index (χ2v) is 6.97. The molecule has 2 bridgehead atoms. The van der Waals surface area contributed by atoms with Gasteiger partial charge in [0.1, 0.15) is 5.75 Å². The molecule has 4 nitrogen and oxygen atoms in total. The van der Waals surface area contributed by atoms with Crippen molar-refractivity contribution in [1.82, 2.24) is 9.88 Å². The fourth-order valence-electron chi connectivity index (χ4n) is 4.44. The standard InChI is InChI=1S/C20H24N2O2.ClH/c1-3-13-12-22-9-7-14(13)10-19(22)20(23)16-6-8-21-18-5-4-15(24-2)11-17(16)18;/h3-6,8,11,13-14,19-20,23H,1,7,9-10,12H2,2H3;1H/t13?,14?,19?,20-;/m0./s1. The summed E-state index contributed by atoms with van der Waals surface area (Å²) in [7, 11) is 1.66. The fourth-order valence-corrected chi connectivity index (χ4v) is 4.44. The molecule has 3 saturated heterocycles. The summed E-state index contributed by atoms with van der Waals surface area (Å²) in [6, 6.07) is 7.96. The van der Waals surface area contributed by atoms with Crippen LogP contribution in [0.25, 0.3) is 10.9 Å². The van der Waals surface area contributed by atoms with Crippen LogP contribution < -0.4 is 4.74 Å². The minimum Gasteiger partial charge on any atom is -0.497 e. The molecule has 4 heterocycles. The lowest BCUT2D eigenvalue weighted by molar-refractivity contribution is -0.0444. The van der Waals surface area contributed by atoms with E-state index in [4.69, 9.17) is 4.74 Å². The molecule has 1 aromatic heterocycles. The number of ether oxygens (including phenoxy) is 1. The van der Waals surface area contributed by atoms with E-state index in [-0.39, 0.29) is 18.4 Å². The zero-order valence-electron chi connectivity index (χ0n) is 14.5. The fraction of sp³-hybridized carbons (Fsp3) is 0.450. The molecular weight excluding hydrogens is 336 g/mol. The second-order valence-electron chi connectivity index (χ2n) is 6.97. The van der Waals surface area contributed by atoms with Crippen molar-refractivity contribution < 1.29 is 9.84 Å². The van der Waals surface area contributed by atoms with Gasteiger partial charge >= 0.3 is 0 Å². The Morgan fingerprint density at radius 2 is 2.24 bits per heavy atom. The number of fused-ring (bicyclic) bond motifs is 4. The molecule has 1 N–H and O–H groups in total. The van der Waals surface area contributed by atoms with Crippen molar-refractivity contribution in [3.8, 4) is 5.75 Å². The summed E-state index contributed by atoms with van der Waals surface area (Å²) >= 11 is 0. The molecule has 3 fully saturated rings. The van der Waals surface area contributed by atoms with Crippen LogP contribution in [0.3, 0.4) is 0 Å². The molecule has 3 aliphatic rings. The van der Waals surface area contributed by atoms with Gasteiger partial charge < -0.3 is 9.84 Å². The molecule has 25 heavy (non-hydrogen) atoms. The number of hydrogen-bond acceptors (Lipinski definition) is 4. The molecule has 3 aliphatic heterocycles. The highest BCUT2D eigenvalue weighted by molar-refractivity contribution is 5.85. The maximum Gasteiger partial charge on any atom is 0.119 e. The van der Waals surface area contributed by atoms with Crippen LogP contribution >= 0.6 is 12.4 Å². The smallest absolute Gasteiger partial charge is 0.119 e. The summed E-state index contributed by atoms with van der Waals surface area (Å²) in [5, 5.41) is 12.1. The van der Waals surface area contributed by atoms with E-state index in [0.29, 0.717) is 11.8 Å². The van der Waals surface area contributed by atoms with Crippen molar-refractivity contribution in [2.75, 3.05) is 20.2 Å². The maximum atomic E-state index is 11.2. The average molecular weight is 361 g/mol. The van der Waals surface area contributed by atoms with Gasteiger partial charge in [-0.25, -0.2) is 0 Å². The van der Waals surface area contributed by atoms with Gasteiger partial charge in [0.15, 0.2) is 0 Å². The van der Waals surface area contributed by atoms with Crippen LogP contribution in [-0.4, -0.2) is 41.2 Å². The molecule has 134 valence electrons. The topological polar surface area (TPSA) is 45.6 Å². The molecule has 0 amide bonds. The Morgan fingerprint density at radius 3 is 2.92 bits per heavy atom. The molecule has 0 radical (unpaired) electrons. The quantitative estimate of drug-likeness (QED) is 0.846. The first-order valence-corrected chi connectivity index (χ1v) is 8.68. The number of rotatable bonds is 4. The summed E-state index contributed by atoms with van der Waals surface area (Å²) < 4.78 is 5.35. The van der Waals surface area contributed by atoms with E-state index in [2.05, 4.69) is 22.5 Å². The minimum atomic E-state index is -0.504. The number of aliphatic hydroxyl groups excluding tert-OH is 1. The van der Waals surface area contributed by atoms with E-state index in [0.717, 1.165) is 41.7 Å². The molecule has 5 atom stereocenters. The summed E-state index contributed by atoms with van der Waals surface area (Å²) in [6.07, 6.45) is 5.62. The van der Waals surface area contributed by atoms with Gasteiger partial charge in [-0.15, -0.1) is 19.0 Å². The molecule has 5 heteroatoms. The van der Waals surface area contributed by atoms with Gasteiger partial charge in [-0.05, 0) is 61.1 Å². The van der Waals surface area contributed by atoms with Gasteiger partial charge in [-0.1, -0.05) is 6.08 Å². The van der Waals surface area contributed by atoms with Crippen molar-refractivity contribution in [3.05, 3.63) is 48.7 Å². The van der Waals surface area contributed by atoms with Gasteiger partial charge in [-0.3, -0.25) is 9.88 Å². The van der Waals surface area contributed by atoms with E-state index in [9.17, 15) is 5.11 Å². The number of benzene rings is 1. The molecule has 4 unspecified atom stereocenters. The molecule has 0 saturated carbocycles. The first-order valence-electron chi connectivity index (χ1n) is 8.68. The molecular formula is C20H25ClN2O2. The van der Waals surface area contributed by atoms with Gasteiger partial charge in [0.05, 0.1) is 18.7 Å². The SMILES string of the molecule is C=CC1CN2CCC1CC2[C@@H](O)c1ccnc2ccc(OC)cc12.Cl. The predicted octanol–water partition coefficient (Wildman–Crippen LogP) is 3.60. The molecule has 0 spiro atoms. The van der Waals surface area contributed by atoms with Gasteiger partial charge in [0, 0.05) is 24.2 Å². The number of nitrogens with zero attached hydrogens (tertiary/aromatic N) is 2. The van der Waals surface area contributed by atoms with E-state index in [1.807, 2.05) is 24.3 Å². The average Bonchev–Trinajstić information content (AvgIpc) is 2.66. The van der Waals surface area contributed by atoms with Gasteiger partial charge in [0.25, 0.3) is 0 Å². The zero-order valence-corrected chi connectivity index (χ0v) is 15.3. The van der Waals surface area contributed by atoms with E-state index in [1.165, 1.54) is 6.42 Å². The summed E-state index contributed by atoms with van der Waals surface area (Å²) in [6.45, 7) is 6.07. The van der Waals surface area contributed by atoms with Crippen molar-refractivity contribution >= 4 is 23.3 Å². The maximum absolute atomic E-state index is 11.2. The Kier molecular flexibility index (Phi) is 5.32. The van der Waals surface area contributed by atoms with Crippen molar-refractivity contribution in [2.24, 2.45) is 11.8 Å². The van der Waals surface area contributed by atoms with Crippen LogP contribution in [0.5, 0.6) is 5.75 Å². The zero-order chi connectivity index (χ0) is 16.7. The van der Waals surface area contributed by atoms with Crippen LogP contribution in [0.15, 0.2) is 43.1 Å². The first-order chi connectivity index (χ1) is 11.7. The third-order valence-corrected chi connectivity index (χ3v) is 5.82. The number of pyridine rings is 1. The number of aliphatic hydroxyl groups is 1. The number of halogens is 1.